The first-order chi connectivity index (χ1) is 13.9. The van der Waals surface area contributed by atoms with Crippen LogP contribution in [-0.2, 0) is 9.59 Å². The first kappa shape index (κ1) is 21.7. The van der Waals surface area contributed by atoms with Gasteiger partial charge >= 0.3 is 0 Å². The molecule has 0 fully saturated rings. The maximum atomic E-state index is 12.7. The molecule has 29 heavy (non-hydrogen) atoms. The molecular formula is C20H22N4O5. The summed E-state index contributed by atoms with van der Waals surface area (Å²) in [6, 6.07) is 12.5. The molecule has 152 valence electrons. The van der Waals surface area contributed by atoms with Gasteiger partial charge in [-0.3, -0.25) is 25.1 Å². The van der Waals surface area contributed by atoms with Gasteiger partial charge in [0.2, 0.25) is 5.91 Å². The van der Waals surface area contributed by atoms with Crippen molar-refractivity contribution < 1.29 is 24.7 Å². The quantitative estimate of drug-likeness (QED) is 0.224. The molecule has 2 amide bonds. The average Bonchev–Trinajstić information content (AvgIpc) is 2.77. The van der Waals surface area contributed by atoms with E-state index in [1.165, 1.54) is 14.1 Å². The zero-order chi connectivity index (χ0) is 21.4. The van der Waals surface area contributed by atoms with Crippen LogP contribution >= 0.6 is 0 Å². The van der Waals surface area contributed by atoms with Crippen LogP contribution in [0, 0.1) is 0 Å². The van der Waals surface area contributed by atoms with Crippen molar-refractivity contribution in [2.45, 2.75) is 6.04 Å². The Bertz CT molecular complexity index is 878. The molecule has 0 radical (unpaired) electrons. The van der Waals surface area contributed by atoms with Crippen LogP contribution in [0.3, 0.4) is 0 Å². The number of aliphatic hydroxyl groups excluding tert-OH is 1. The number of aliphatic imine (C=N–C) groups is 1. The number of benzene rings is 2. The fourth-order valence-corrected chi connectivity index (χ4v) is 2.73. The Morgan fingerprint density at radius 1 is 1.07 bits per heavy atom. The van der Waals surface area contributed by atoms with Gasteiger partial charge in [0.05, 0.1) is 5.69 Å². The molecule has 0 saturated carbocycles. The lowest BCUT2D eigenvalue weighted by Gasteiger charge is -2.25. The molecule has 2 aromatic carbocycles. The Morgan fingerprint density at radius 2 is 1.62 bits per heavy atom. The fourth-order valence-electron chi connectivity index (χ4n) is 2.73. The molecule has 0 aliphatic rings. The van der Waals surface area contributed by atoms with Crippen molar-refractivity contribution in [3.63, 3.8) is 0 Å². The average molecular weight is 398 g/mol. The summed E-state index contributed by atoms with van der Waals surface area (Å²) < 4.78 is 0. The lowest BCUT2D eigenvalue weighted by Crippen LogP contribution is -2.52. The maximum absolute atomic E-state index is 12.7. The molecule has 0 spiro atoms. The highest BCUT2D eigenvalue weighted by Gasteiger charge is 2.32. The summed E-state index contributed by atoms with van der Waals surface area (Å²) in [5.74, 6) is -1.96. The van der Waals surface area contributed by atoms with E-state index in [1.54, 1.807) is 36.4 Å². The molecule has 4 N–H and O–H groups in total. The van der Waals surface area contributed by atoms with Crippen LogP contribution in [0.4, 0.5) is 5.69 Å². The number of hydrogen-bond donors (Lipinski definition) is 4. The summed E-state index contributed by atoms with van der Waals surface area (Å²) >= 11 is 0. The zero-order valence-electron chi connectivity index (χ0n) is 16.0. The Morgan fingerprint density at radius 3 is 2.10 bits per heavy atom. The standard InChI is InChI=1S/C20H22N4O5/c1-21-19(27)18(17(26)11-25)24(2)20(28)15-5-3-13(4-6-15)14-7-9-16(10-8-14)22-12-23-29/h3-10,12,18,25,29H,11H2,1-2H3,(H,21,27)(H,22,23). The van der Waals surface area contributed by atoms with Gasteiger partial charge in [0, 0.05) is 19.7 Å². The van der Waals surface area contributed by atoms with Crippen LogP contribution in [0.2, 0.25) is 0 Å². The van der Waals surface area contributed by atoms with Crippen LogP contribution < -0.4 is 10.8 Å². The normalized spacial score (nSPS) is 11.7. The van der Waals surface area contributed by atoms with Gasteiger partial charge in [-0.25, -0.2) is 4.99 Å². The highest BCUT2D eigenvalue weighted by Crippen LogP contribution is 2.23. The van der Waals surface area contributed by atoms with E-state index in [2.05, 4.69) is 10.3 Å². The van der Waals surface area contributed by atoms with E-state index in [-0.39, 0.29) is 0 Å². The van der Waals surface area contributed by atoms with Gasteiger partial charge in [0.15, 0.2) is 11.8 Å². The van der Waals surface area contributed by atoms with Crippen LogP contribution in [0.5, 0.6) is 0 Å². The van der Waals surface area contributed by atoms with E-state index in [4.69, 9.17) is 10.3 Å². The molecule has 0 aliphatic carbocycles. The molecule has 0 bridgehead atoms. The summed E-state index contributed by atoms with van der Waals surface area (Å²) in [6.07, 6.45) is 1.15. The smallest absolute Gasteiger partial charge is 0.254 e. The van der Waals surface area contributed by atoms with Gasteiger partial charge in [-0.1, -0.05) is 24.3 Å². The third kappa shape index (κ3) is 5.24. The number of carbonyl (C=O) groups is 3. The summed E-state index contributed by atoms with van der Waals surface area (Å²) in [4.78, 5) is 41.5. The first-order valence-electron chi connectivity index (χ1n) is 8.68. The van der Waals surface area contributed by atoms with Crippen molar-refractivity contribution in [3.05, 3.63) is 54.1 Å². The predicted octanol–water partition coefficient (Wildman–Crippen LogP) is 0.740. The minimum Gasteiger partial charge on any atom is -0.388 e. The van der Waals surface area contributed by atoms with Gasteiger partial charge < -0.3 is 15.3 Å². The second-order valence-corrected chi connectivity index (χ2v) is 6.07. The highest BCUT2D eigenvalue weighted by atomic mass is 16.5. The minimum absolute atomic E-state index is 0.297. The number of hydrogen-bond acceptors (Lipinski definition) is 6. The van der Waals surface area contributed by atoms with Crippen molar-refractivity contribution in [1.29, 1.82) is 0 Å². The zero-order valence-corrected chi connectivity index (χ0v) is 16.0. The topological polar surface area (TPSA) is 131 Å². The third-order valence-electron chi connectivity index (χ3n) is 4.27. The van der Waals surface area contributed by atoms with Gasteiger partial charge in [0.25, 0.3) is 5.91 Å². The number of ketones is 1. The summed E-state index contributed by atoms with van der Waals surface area (Å²) in [5, 5.41) is 19.9. The van der Waals surface area contributed by atoms with Crippen molar-refractivity contribution in [1.82, 2.24) is 15.7 Å². The Hall–Kier alpha value is -3.56. The van der Waals surface area contributed by atoms with E-state index in [1.807, 2.05) is 17.6 Å². The molecule has 0 aliphatic heterocycles. The van der Waals surface area contributed by atoms with E-state index >= 15 is 0 Å². The Kier molecular flexibility index (Phi) is 7.58. The molecule has 2 aromatic rings. The van der Waals surface area contributed by atoms with Gasteiger partial charge in [0.1, 0.15) is 12.9 Å². The molecular weight excluding hydrogens is 376 g/mol. The number of carbonyl (C=O) groups excluding carboxylic acids is 3. The summed E-state index contributed by atoms with van der Waals surface area (Å²) in [5.41, 5.74) is 4.53. The number of aliphatic hydroxyl groups is 1. The SMILES string of the molecule is CNC(=O)C(C(=O)CO)N(C)C(=O)c1ccc(-c2ccc(N=CNO)cc2)cc1. The number of amides is 2. The van der Waals surface area contributed by atoms with Gasteiger partial charge in [-0.15, -0.1) is 0 Å². The Labute approximate surface area is 167 Å². The summed E-state index contributed by atoms with van der Waals surface area (Å²) in [6.45, 7) is -0.844. The minimum atomic E-state index is -1.40. The fraction of sp³-hybridized carbons (Fsp3) is 0.200. The maximum Gasteiger partial charge on any atom is 0.254 e. The molecule has 2 rings (SSSR count). The first-order valence-corrected chi connectivity index (χ1v) is 8.68. The second kappa shape index (κ2) is 10.1. The monoisotopic (exact) mass is 398 g/mol. The highest BCUT2D eigenvalue weighted by molar-refractivity contribution is 6.10. The lowest BCUT2D eigenvalue weighted by atomic mass is 10.0. The number of rotatable bonds is 8. The number of hydroxylamine groups is 1. The van der Waals surface area contributed by atoms with Crippen molar-refractivity contribution in [2.24, 2.45) is 4.99 Å². The van der Waals surface area contributed by atoms with Crippen molar-refractivity contribution >= 4 is 29.6 Å². The molecule has 0 heterocycles. The van der Waals surface area contributed by atoms with E-state index in [9.17, 15) is 14.4 Å². The lowest BCUT2D eigenvalue weighted by molar-refractivity contribution is -0.135. The second-order valence-electron chi connectivity index (χ2n) is 6.07. The number of Topliss-reactive ketones (excluding diaryl/α,β-unsaturated/α-hetero) is 1. The van der Waals surface area contributed by atoms with Gasteiger partial charge in [-0.05, 0) is 35.4 Å². The molecule has 9 heteroatoms. The third-order valence-corrected chi connectivity index (χ3v) is 4.27. The summed E-state index contributed by atoms with van der Waals surface area (Å²) in [7, 11) is 2.69. The van der Waals surface area contributed by atoms with Gasteiger partial charge in [-0.2, -0.15) is 0 Å². The van der Waals surface area contributed by atoms with Crippen LogP contribution in [0.15, 0.2) is 53.5 Å². The van der Waals surface area contributed by atoms with Crippen LogP contribution in [0.25, 0.3) is 11.1 Å². The largest absolute Gasteiger partial charge is 0.388 e. The van der Waals surface area contributed by atoms with Crippen LogP contribution in [0.1, 0.15) is 10.4 Å². The van der Waals surface area contributed by atoms with E-state index < -0.39 is 30.2 Å². The predicted molar refractivity (Wildman–Crippen MR) is 107 cm³/mol. The van der Waals surface area contributed by atoms with Crippen molar-refractivity contribution in [2.75, 3.05) is 20.7 Å². The number of likely N-dealkylation sites (N-methyl/N-ethyl adjacent to an activating group) is 2. The number of nitrogens with one attached hydrogen (secondary N) is 2. The van der Waals surface area contributed by atoms with E-state index in [0.717, 1.165) is 22.4 Å². The molecule has 1 atom stereocenters. The molecule has 1 unspecified atom stereocenters. The molecule has 0 aromatic heterocycles. The molecule has 0 saturated heterocycles. The van der Waals surface area contributed by atoms with Crippen molar-refractivity contribution in [3.8, 4) is 11.1 Å². The molecule has 9 nitrogen and oxygen atoms in total. The van der Waals surface area contributed by atoms with Crippen LogP contribution in [-0.4, -0.2) is 65.9 Å². The Balaban J connectivity index is 2.20. The number of nitrogens with zero attached hydrogens (tertiary/aromatic N) is 2. The van der Waals surface area contributed by atoms with E-state index in [0.29, 0.717) is 11.3 Å².